The van der Waals surface area contributed by atoms with Crippen molar-refractivity contribution in [2.45, 2.75) is 32.1 Å². The molecular weight excluding hydrogens is 497 g/mol. The minimum Gasteiger partial charge on any atom is -0.361 e. The van der Waals surface area contributed by atoms with E-state index in [9.17, 15) is 4.39 Å². The molecule has 1 fully saturated rings. The van der Waals surface area contributed by atoms with E-state index in [0.717, 1.165) is 65.5 Å². The molecule has 0 spiro atoms. The Morgan fingerprint density at radius 3 is 2.37 bits per heavy atom. The van der Waals surface area contributed by atoms with Gasteiger partial charge in [-0.1, -0.05) is 60.8 Å². The lowest BCUT2D eigenvalue weighted by atomic mass is 10.0. The second-order valence-electron chi connectivity index (χ2n) is 9.77. The van der Waals surface area contributed by atoms with Gasteiger partial charge in [0.1, 0.15) is 11.6 Å². The first-order valence-electron chi connectivity index (χ1n) is 13.1. The molecule has 0 saturated carbocycles. The van der Waals surface area contributed by atoms with Crippen molar-refractivity contribution < 1.29 is 4.39 Å². The Morgan fingerprint density at radius 2 is 1.63 bits per heavy atom. The zero-order valence-electron chi connectivity index (χ0n) is 21.1. The van der Waals surface area contributed by atoms with Crippen LogP contribution in [0.2, 0.25) is 5.02 Å². The summed E-state index contributed by atoms with van der Waals surface area (Å²) >= 11 is 6.05. The van der Waals surface area contributed by atoms with Crippen LogP contribution >= 0.6 is 11.6 Å². The third-order valence-corrected chi connectivity index (χ3v) is 7.42. The maximum absolute atomic E-state index is 13.7. The van der Waals surface area contributed by atoms with Gasteiger partial charge < -0.3 is 14.9 Å². The Morgan fingerprint density at radius 1 is 0.816 bits per heavy atom. The maximum atomic E-state index is 13.7. The molecule has 0 aliphatic carbocycles. The summed E-state index contributed by atoms with van der Waals surface area (Å²) in [6.45, 7) is 1.94. The summed E-state index contributed by atoms with van der Waals surface area (Å²) in [4.78, 5) is 19.5. The summed E-state index contributed by atoms with van der Waals surface area (Å²) in [7, 11) is 0. The molecule has 2 aromatic carbocycles. The average molecular weight is 526 g/mol. The van der Waals surface area contributed by atoms with Crippen LogP contribution in [0.4, 0.5) is 10.2 Å². The molecule has 38 heavy (non-hydrogen) atoms. The Hall–Kier alpha value is -3.90. The largest absolute Gasteiger partial charge is 0.361 e. The minimum absolute atomic E-state index is 0.102. The highest BCUT2D eigenvalue weighted by atomic mass is 35.5. The first-order chi connectivity index (χ1) is 18.7. The Kier molecular flexibility index (Phi) is 6.97. The van der Waals surface area contributed by atoms with Crippen molar-refractivity contribution in [1.82, 2.24) is 19.9 Å². The standard InChI is InChI=1S/C31H29ClFN5/c32-24-18-22(12-13-25(24)33)23-19-28(35-20-23)30-36-27(17-21-9-4-3-5-10-21)29(26-11-8-14-34-26)31(37-30)38-15-6-1-2-7-16-38/h3-5,8-14,18-20,34-35H,1-2,6-7,15-17H2. The van der Waals surface area contributed by atoms with Gasteiger partial charge in [0, 0.05) is 31.9 Å². The molecule has 1 aliphatic rings. The monoisotopic (exact) mass is 525 g/mol. The van der Waals surface area contributed by atoms with Gasteiger partial charge in [0.15, 0.2) is 5.82 Å². The lowest BCUT2D eigenvalue weighted by molar-refractivity contribution is 0.628. The number of nitrogens with zero attached hydrogens (tertiary/aromatic N) is 3. The molecule has 5 aromatic rings. The number of anilines is 1. The van der Waals surface area contributed by atoms with Gasteiger partial charge in [-0.05, 0) is 59.9 Å². The molecule has 6 rings (SSSR count). The van der Waals surface area contributed by atoms with E-state index in [2.05, 4.69) is 45.2 Å². The van der Waals surface area contributed by atoms with E-state index in [-0.39, 0.29) is 5.02 Å². The SMILES string of the molecule is Fc1ccc(-c2c[nH]c(-c3nc(Cc4ccccc4)c(-c4ccc[nH]4)c(N4CCCCCC4)n3)c2)cc1Cl. The number of H-pyrrole nitrogens is 2. The van der Waals surface area contributed by atoms with Crippen LogP contribution in [-0.4, -0.2) is 33.0 Å². The summed E-state index contributed by atoms with van der Waals surface area (Å²) < 4.78 is 13.7. The van der Waals surface area contributed by atoms with Crippen LogP contribution in [0.25, 0.3) is 33.9 Å². The minimum atomic E-state index is -0.429. The van der Waals surface area contributed by atoms with E-state index in [1.807, 2.05) is 30.6 Å². The van der Waals surface area contributed by atoms with Gasteiger partial charge in [0.05, 0.1) is 27.7 Å². The van der Waals surface area contributed by atoms with Gasteiger partial charge in [-0.15, -0.1) is 0 Å². The second-order valence-corrected chi connectivity index (χ2v) is 10.2. The van der Waals surface area contributed by atoms with Crippen molar-refractivity contribution in [1.29, 1.82) is 0 Å². The predicted molar refractivity (Wildman–Crippen MR) is 152 cm³/mol. The van der Waals surface area contributed by atoms with Gasteiger partial charge in [0.2, 0.25) is 0 Å². The molecule has 3 aromatic heterocycles. The highest BCUT2D eigenvalue weighted by Crippen LogP contribution is 2.36. The third kappa shape index (κ3) is 5.09. The molecule has 0 atom stereocenters. The Bertz CT molecular complexity index is 1520. The van der Waals surface area contributed by atoms with Gasteiger partial charge in [-0.3, -0.25) is 0 Å². The molecule has 2 N–H and O–H groups in total. The number of nitrogens with one attached hydrogen (secondary N) is 2. The number of hydrogen-bond donors (Lipinski definition) is 2. The average Bonchev–Trinajstić information content (AvgIpc) is 3.58. The molecular formula is C31H29ClFN5. The number of aromatic nitrogens is 4. The molecule has 0 unspecified atom stereocenters. The first-order valence-corrected chi connectivity index (χ1v) is 13.5. The summed E-state index contributed by atoms with van der Waals surface area (Å²) in [5.74, 6) is 1.18. The second kappa shape index (κ2) is 10.8. The van der Waals surface area contributed by atoms with Crippen molar-refractivity contribution in [2.75, 3.05) is 18.0 Å². The quantitative estimate of drug-likeness (QED) is 0.237. The van der Waals surface area contributed by atoms with Crippen LogP contribution in [0, 0.1) is 5.82 Å². The number of benzene rings is 2. The van der Waals surface area contributed by atoms with Gasteiger partial charge in [-0.2, -0.15) is 0 Å². The van der Waals surface area contributed by atoms with E-state index in [1.165, 1.54) is 24.5 Å². The van der Waals surface area contributed by atoms with E-state index < -0.39 is 5.82 Å². The zero-order chi connectivity index (χ0) is 25.9. The van der Waals surface area contributed by atoms with E-state index >= 15 is 0 Å². The van der Waals surface area contributed by atoms with Crippen molar-refractivity contribution in [2.24, 2.45) is 0 Å². The fourth-order valence-corrected chi connectivity index (χ4v) is 5.35. The van der Waals surface area contributed by atoms with Crippen LogP contribution < -0.4 is 4.90 Å². The van der Waals surface area contributed by atoms with E-state index in [4.69, 9.17) is 21.6 Å². The lowest BCUT2D eigenvalue weighted by Gasteiger charge is -2.26. The van der Waals surface area contributed by atoms with Crippen molar-refractivity contribution >= 4 is 17.4 Å². The van der Waals surface area contributed by atoms with E-state index in [0.29, 0.717) is 12.2 Å². The van der Waals surface area contributed by atoms with Crippen LogP contribution in [0.1, 0.15) is 36.9 Å². The van der Waals surface area contributed by atoms with Crippen molar-refractivity contribution in [3.8, 4) is 33.9 Å². The Labute approximate surface area is 226 Å². The number of aromatic amines is 2. The third-order valence-electron chi connectivity index (χ3n) is 7.13. The number of rotatable bonds is 6. The van der Waals surface area contributed by atoms with Crippen LogP contribution in [0.15, 0.2) is 79.1 Å². The summed E-state index contributed by atoms with van der Waals surface area (Å²) in [6.07, 6.45) is 9.31. The fourth-order valence-electron chi connectivity index (χ4n) is 5.17. The van der Waals surface area contributed by atoms with Crippen LogP contribution in [0.3, 0.4) is 0 Å². The summed E-state index contributed by atoms with van der Waals surface area (Å²) in [5, 5.41) is 0.102. The molecule has 0 radical (unpaired) electrons. The molecule has 4 heterocycles. The summed E-state index contributed by atoms with van der Waals surface area (Å²) in [5.41, 5.74) is 6.79. The van der Waals surface area contributed by atoms with Crippen molar-refractivity contribution in [3.63, 3.8) is 0 Å². The molecule has 0 bridgehead atoms. The zero-order valence-corrected chi connectivity index (χ0v) is 21.8. The molecule has 5 nitrogen and oxygen atoms in total. The lowest BCUT2D eigenvalue weighted by Crippen LogP contribution is -2.26. The fraction of sp³-hybridized carbons (Fsp3) is 0.226. The number of halogens is 2. The van der Waals surface area contributed by atoms with Gasteiger partial charge in [-0.25, -0.2) is 14.4 Å². The van der Waals surface area contributed by atoms with Gasteiger partial charge in [0.25, 0.3) is 0 Å². The normalized spacial score (nSPS) is 14.0. The summed E-state index contributed by atoms with van der Waals surface area (Å²) in [6, 6.07) is 21.3. The highest BCUT2D eigenvalue weighted by molar-refractivity contribution is 6.31. The molecule has 0 amide bonds. The maximum Gasteiger partial charge on any atom is 0.178 e. The van der Waals surface area contributed by atoms with Crippen LogP contribution in [-0.2, 0) is 6.42 Å². The van der Waals surface area contributed by atoms with Crippen molar-refractivity contribution in [3.05, 3.63) is 101 Å². The van der Waals surface area contributed by atoms with Crippen LogP contribution in [0.5, 0.6) is 0 Å². The molecule has 7 heteroatoms. The van der Waals surface area contributed by atoms with E-state index in [1.54, 1.807) is 12.1 Å². The van der Waals surface area contributed by atoms with Gasteiger partial charge >= 0.3 is 0 Å². The molecule has 192 valence electrons. The smallest absolute Gasteiger partial charge is 0.178 e. The topological polar surface area (TPSA) is 60.6 Å². The number of hydrogen-bond acceptors (Lipinski definition) is 3. The molecule has 1 saturated heterocycles. The first kappa shape index (κ1) is 24.4. The molecule has 1 aliphatic heterocycles. The Balaban J connectivity index is 1.50. The highest BCUT2D eigenvalue weighted by Gasteiger charge is 2.24. The predicted octanol–water partition coefficient (Wildman–Crippen LogP) is 7.90.